The molecular formula is C15H17N3O3. The van der Waals surface area contributed by atoms with E-state index >= 15 is 0 Å². The summed E-state index contributed by atoms with van der Waals surface area (Å²) in [6.45, 7) is 4.81. The molecule has 0 spiro atoms. The number of hydrogen-bond acceptors (Lipinski definition) is 5. The van der Waals surface area contributed by atoms with Crippen LogP contribution in [0.1, 0.15) is 18.1 Å². The molecule has 1 aromatic heterocycles. The average molecular weight is 287 g/mol. The molecule has 0 aliphatic carbocycles. The van der Waals surface area contributed by atoms with E-state index in [1.54, 1.807) is 25.3 Å². The van der Waals surface area contributed by atoms with Crippen LogP contribution in [0.4, 0.5) is 11.5 Å². The number of anilines is 1. The van der Waals surface area contributed by atoms with E-state index in [4.69, 9.17) is 4.74 Å². The molecule has 0 radical (unpaired) electrons. The van der Waals surface area contributed by atoms with E-state index in [9.17, 15) is 10.1 Å². The van der Waals surface area contributed by atoms with Gasteiger partial charge in [-0.15, -0.1) is 0 Å². The maximum atomic E-state index is 10.9. The molecule has 0 atom stereocenters. The van der Waals surface area contributed by atoms with E-state index in [1.165, 1.54) is 6.07 Å². The Hall–Kier alpha value is -2.63. The van der Waals surface area contributed by atoms with Crippen LogP contribution in [0.25, 0.3) is 0 Å². The molecule has 0 saturated heterocycles. The molecule has 0 bridgehead atoms. The van der Waals surface area contributed by atoms with Gasteiger partial charge in [0.25, 0.3) is 5.69 Å². The van der Waals surface area contributed by atoms with Crippen molar-refractivity contribution >= 4 is 11.5 Å². The first kappa shape index (κ1) is 14.8. The molecule has 6 nitrogen and oxygen atoms in total. The molecule has 0 aliphatic rings. The minimum absolute atomic E-state index is 0.0653. The van der Waals surface area contributed by atoms with Gasteiger partial charge < -0.3 is 10.1 Å². The summed E-state index contributed by atoms with van der Waals surface area (Å²) in [5.41, 5.74) is 1.55. The minimum atomic E-state index is -0.405. The third-order valence-electron chi connectivity index (χ3n) is 3.03. The number of benzene rings is 1. The van der Waals surface area contributed by atoms with Crippen LogP contribution in [0.15, 0.2) is 36.5 Å². The molecule has 110 valence electrons. The summed E-state index contributed by atoms with van der Waals surface area (Å²) >= 11 is 0. The molecule has 6 heteroatoms. The van der Waals surface area contributed by atoms with Gasteiger partial charge in [0.2, 0.25) is 0 Å². The number of nitro groups is 1. The summed E-state index contributed by atoms with van der Waals surface area (Å²) in [5, 5.41) is 14.0. The fourth-order valence-electron chi connectivity index (χ4n) is 1.96. The highest BCUT2D eigenvalue weighted by Crippen LogP contribution is 2.27. The average Bonchev–Trinajstić information content (AvgIpc) is 2.46. The first-order valence-corrected chi connectivity index (χ1v) is 6.67. The van der Waals surface area contributed by atoms with E-state index in [0.29, 0.717) is 17.9 Å². The Bertz CT molecular complexity index is 644. The SMILES string of the molecule is CCNc1cc(COc2cccc([N+](=O)[O-])c2C)ccn1. The molecule has 1 aromatic carbocycles. The molecular weight excluding hydrogens is 270 g/mol. The molecule has 2 rings (SSSR count). The van der Waals surface area contributed by atoms with E-state index in [2.05, 4.69) is 10.3 Å². The van der Waals surface area contributed by atoms with Gasteiger partial charge in [0.15, 0.2) is 0 Å². The van der Waals surface area contributed by atoms with Crippen molar-refractivity contribution in [3.63, 3.8) is 0 Å². The molecule has 0 fully saturated rings. The number of nitrogens with one attached hydrogen (secondary N) is 1. The van der Waals surface area contributed by atoms with Crippen molar-refractivity contribution in [2.75, 3.05) is 11.9 Å². The van der Waals surface area contributed by atoms with Gasteiger partial charge in [0.1, 0.15) is 18.2 Å². The smallest absolute Gasteiger partial charge is 0.276 e. The van der Waals surface area contributed by atoms with E-state index in [1.807, 2.05) is 19.1 Å². The van der Waals surface area contributed by atoms with Gasteiger partial charge in [-0.2, -0.15) is 0 Å². The summed E-state index contributed by atoms with van der Waals surface area (Å²) < 4.78 is 5.69. The summed E-state index contributed by atoms with van der Waals surface area (Å²) in [6, 6.07) is 8.58. The van der Waals surface area contributed by atoms with Crippen LogP contribution in [-0.2, 0) is 6.61 Å². The fraction of sp³-hybridized carbons (Fsp3) is 0.267. The van der Waals surface area contributed by atoms with E-state index in [-0.39, 0.29) is 5.69 Å². The molecule has 0 saturated carbocycles. The topological polar surface area (TPSA) is 77.3 Å². The fourth-order valence-corrected chi connectivity index (χ4v) is 1.96. The van der Waals surface area contributed by atoms with Gasteiger partial charge in [-0.05, 0) is 37.6 Å². The first-order chi connectivity index (χ1) is 10.1. The highest BCUT2D eigenvalue weighted by Gasteiger charge is 2.14. The number of rotatable bonds is 6. The predicted octanol–water partition coefficient (Wildman–Crippen LogP) is 3.31. The Labute approximate surface area is 122 Å². The second-order valence-electron chi connectivity index (χ2n) is 4.53. The van der Waals surface area contributed by atoms with Crippen molar-refractivity contribution in [3.8, 4) is 5.75 Å². The first-order valence-electron chi connectivity index (χ1n) is 6.67. The molecule has 0 unspecified atom stereocenters. The maximum Gasteiger partial charge on any atom is 0.276 e. The zero-order valence-electron chi connectivity index (χ0n) is 12.0. The Morgan fingerprint density at radius 1 is 1.38 bits per heavy atom. The third kappa shape index (κ3) is 3.68. The predicted molar refractivity (Wildman–Crippen MR) is 80.6 cm³/mol. The quantitative estimate of drug-likeness (QED) is 0.651. The van der Waals surface area contributed by atoms with Gasteiger partial charge in [0, 0.05) is 18.8 Å². The van der Waals surface area contributed by atoms with Crippen molar-refractivity contribution in [2.45, 2.75) is 20.5 Å². The normalized spacial score (nSPS) is 10.2. The lowest BCUT2D eigenvalue weighted by atomic mass is 10.2. The van der Waals surface area contributed by atoms with Crippen LogP contribution < -0.4 is 10.1 Å². The van der Waals surface area contributed by atoms with E-state index in [0.717, 1.165) is 17.9 Å². The maximum absolute atomic E-state index is 10.9. The van der Waals surface area contributed by atoms with Crippen molar-refractivity contribution < 1.29 is 9.66 Å². The number of nitrogens with zero attached hydrogens (tertiary/aromatic N) is 2. The zero-order valence-corrected chi connectivity index (χ0v) is 12.0. The Balaban J connectivity index is 2.11. The zero-order chi connectivity index (χ0) is 15.2. The number of nitro benzene ring substituents is 1. The number of hydrogen-bond donors (Lipinski definition) is 1. The van der Waals surface area contributed by atoms with Gasteiger partial charge in [-0.3, -0.25) is 10.1 Å². The lowest BCUT2D eigenvalue weighted by Gasteiger charge is -2.10. The molecule has 1 N–H and O–H groups in total. The second kappa shape index (κ2) is 6.69. The van der Waals surface area contributed by atoms with Crippen LogP contribution in [0.2, 0.25) is 0 Å². The standard InChI is InChI=1S/C15H17N3O3/c1-3-16-15-9-12(7-8-17-15)10-21-14-6-4-5-13(11(14)2)18(19)20/h4-9H,3,10H2,1-2H3,(H,16,17). The molecule has 2 aromatic rings. The third-order valence-corrected chi connectivity index (χ3v) is 3.03. The van der Waals surface area contributed by atoms with Gasteiger partial charge >= 0.3 is 0 Å². The lowest BCUT2D eigenvalue weighted by molar-refractivity contribution is -0.385. The van der Waals surface area contributed by atoms with Crippen LogP contribution in [0, 0.1) is 17.0 Å². The van der Waals surface area contributed by atoms with Crippen molar-refractivity contribution in [2.24, 2.45) is 0 Å². The summed E-state index contributed by atoms with van der Waals surface area (Å²) in [4.78, 5) is 14.7. The van der Waals surface area contributed by atoms with Crippen LogP contribution in [0.5, 0.6) is 5.75 Å². The molecule has 0 amide bonds. The van der Waals surface area contributed by atoms with Crippen molar-refractivity contribution in [1.29, 1.82) is 0 Å². The van der Waals surface area contributed by atoms with Gasteiger partial charge in [-0.25, -0.2) is 4.98 Å². The number of ether oxygens (including phenoxy) is 1. The van der Waals surface area contributed by atoms with Crippen LogP contribution >= 0.6 is 0 Å². The lowest BCUT2D eigenvalue weighted by Crippen LogP contribution is -2.02. The van der Waals surface area contributed by atoms with Crippen molar-refractivity contribution in [3.05, 3.63) is 57.8 Å². The summed E-state index contributed by atoms with van der Waals surface area (Å²) in [5.74, 6) is 1.31. The van der Waals surface area contributed by atoms with Gasteiger partial charge in [-0.1, -0.05) is 6.07 Å². The monoisotopic (exact) mass is 287 g/mol. The number of pyridine rings is 1. The molecule has 0 aliphatic heterocycles. The molecule has 21 heavy (non-hydrogen) atoms. The highest BCUT2D eigenvalue weighted by molar-refractivity contribution is 5.48. The van der Waals surface area contributed by atoms with Crippen molar-refractivity contribution in [1.82, 2.24) is 4.98 Å². The summed E-state index contributed by atoms with van der Waals surface area (Å²) in [7, 11) is 0. The minimum Gasteiger partial charge on any atom is -0.488 e. The largest absolute Gasteiger partial charge is 0.488 e. The van der Waals surface area contributed by atoms with Crippen LogP contribution in [0.3, 0.4) is 0 Å². The number of aromatic nitrogens is 1. The highest BCUT2D eigenvalue weighted by atomic mass is 16.6. The summed E-state index contributed by atoms with van der Waals surface area (Å²) in [6.07, 6.45) is 1.71. The Morgan fingerprint density at radius 2 is 2.19 bits per heavy atom. The Kier molecular flexibility index (Phi) is 4.71. The second-order valence-corrected chi connectivity index (χ2v) is 4.53. The molecule has 1 heterocycles. The van der Waals surface area contributed by atoms with Crippen LogP contribution in [-0.4, -0.2) is 16.5 Å². The Morgan fingerprint density at radius 3 is 2.90 bits per heavy atom. The van der Waals surface area contributed by atoms with E-state index < -0.39 is 4.92 Å². The van der Waals surface area contributed by atoms with Gasteiger partial charge in [0.05, 0.1) is 10.5 Å².